The zero-order valence-corrected chi connectivity index (χ0v) is 9.22. The highest BCUT2D eigenvalue weighted by Crippen LogP contribution is 1.98. The summed E-state index contributed by atoms with van der Waals surface area (Å²) in [4.78, 5) is 11.1. The predicted molar refractivity (Wildman–Crippen MR) is 56.2 cm³/mol. The number of amides is 1. The summed E-state index contributed by atoms with van der Waals surface area (Å²) in [5.74, 6) is 0. The fraction of sp³-hybridized carbons (Fsp3) is 0.889. The second kappa shape index (κ2) is 6.62. The summed E-state index contributed by atoms with van der Waals surface area (Å²) >= 11 is 0. The van der Waals surface area contributed by atoms with Crippen molar-refractivity contribution in [2.24, 2.45) is 5.73 Å². The van der Waals surface area contributed by atoms with E-state index in [0.29, 0.717) is 19.7 Å². The van der Waals surface area contributed by atoms with Crippen LogP contribution in [0, 0.1) is 0 Å². The third-order valence-electron chi connectivity index (χ3n) is 1.31. The molecule has 0 saturated carbocycles. The lowest BCUT2D eigenvalue weighted by atomic mass is 10.1. The van der Waals surface area contributed by atoms with E-state index in [9.17, 15) is 4.79 Å². The molecular weight excluding hydrogens is 182 g/mol. The molecule has 0 radical (unpaired) electrons. The third kappa shape index (κ3) is 9.28. The van der Waals surface area contributed by atoms with Crippen LogP contribution in [0.4, 0.5) is 4.79 Å². The molecule has 0 fully saturated rings. The molecule has 0 heterocycles. The van der Waals surface area contributed by atoms with Gasteiger partial charge in [0.25, 0.3) is 0 Å². The van der Waals surface area contributed by atoms with Gasteiger partial charge in [-0.05, 0) is 20.8 Å². The number of hydrogen-bond acceptors (Lipinski definition) is 4. The topological polar surface area (TPSA) is 76.4 Å². The second-order valence-corrected chi connectivity index (χ2v) is 4.05. The summed E-state index contributed by atoms with van der Waals surface area (Å²) in [6, 6.07) is 0. The van der Waals surface area contributed by atoms with Crippen molar-refractivity contribution in [3.8, 4) is 0 Å². The third-order valence-corrected chi connectivity index (χ3v) is 1.31. The molecule has 0 atom stereocenters. The SMILES string of the molecule is CC(C)(C)NC(=O)OCCNCCN. The zero-order valence-electron chi connectivity index (χ0n) is 9.22. The van der Waals surface area contributed by atoms with Crippen molar-refractivity contribution in [2.75, 3.05) is 26.2 Å². The molecule has 0 bridgehead atoms. The first-order valence-corrected chi connectivity index (χ1v) is 4.81. The molecule has 5 nitrogen and oxygen atoms in total. The summed E-state index contributed by atoms with van der Waals surface area (Å²) in [7, 11) is 0. The Kier molecular flexibility index (Phi) is 6.23. The van der Waals surface area contributed by atoms with Crippen LogP contribution in [0.3, 0.4) is 0 Å². The minimum absolute atomic E-state index is 0.248. The molecule has 0 aromatic heterocycles. The molecule has 0 aliphatic carbocycles. The van der Waals surface area contributed by atoms with Crippen molar-refractivity contribution < 1.29 is 9.53 Å². The van der Waals surface area contributed by atoms with Gasteiger partial charge in [0.15, 0.2) is 0 Å². The first kappa shape index (κ1) is 13.2. The average molecular weight is 203 g/mol. The molecule has 84 valence electrons. The number of hydrogen-bond donors (Lipinski definition) is 3. The number of alkyl carbamates (subject to hydrolysis) is 1. The Morgan fingerprint density at radius 3 is 2.50 bits per heavy atom. The highest BCUT2D eigenvalue weighted by Gasteiger charge is 2.13. The molecule has 0 aliphatic heterocycles. The van der Waals surface area contributed by atoms with Crippen molar-refractivity contribution >= 4 is 6.09 Å². The maximum Gasteiger partial charge on any atom is 0.407 e. The van der Waals surface area contributed by atoms with Crippen LogP contribution < -0.4 is 16.4 Å². The van der Waals surface area contributed by atoms with Crippen LogP contribution in [-0.4, -0.2) is 37.9 Å². The molecule has 0 spiro atoms. The van der Waals surface area contributed by atoms with Crippen molar-refractivity contribution in [1.29, 1.82) is 0 Å². The average Bonchev–Trinajstić information content (AvgIpc) is 2.00. The Morgan fingerprint density at radius 1 is 1.36 bits per heavy atom. The molecule has 0 unspecified atom stereocenters. The van der Waals surface area contributed by atoms with Gasteiger partial charge in [0.1, 0.15) is 6.61 Å². The van der Waals surface area contributed by atoms with Crippen LogP contribution in [0.25, 0.3) is 0 Å². The quantitative estimate of drug-likeness (QED) is 0.552. The summed E-state index contributed by atoms with van der Waals surface area (Å²) in [5, 5.41) is 5.72. The molecule has 0 saturated heterocycles. The Morgan fingerprint density at radius 2 is 2.00 bits per heavy atom. The fourth-order valence-corrected chi connectivity index (χ4v) is 0.785. The monoisotopic (exact) mass is 203 g/mol. The van der Waals surface area contributed by atoms with Gasteiger partial charge < -0.3 is 21.1 Å². The Bertz CT molecular complexity index is 166. The van der Waals surface area contributed by atoms with E-state index in [1.54, 1.807) is 0 Å². The lowest BCUT2D eigenvalue weighted by Gasteiger charge is -2.19. The van der Waals surface area contributed by atoms with Gasteiger partial charge in [0.2, 0.25) is 0 Å². The predicted octanol–water partition coefficient (Wildman–Crippen LogP) is 0.0594. The van der Waals surface area contributed by atoms with Gasteiger partial charge in [0, 0.05) is 25.2 Å². The normalized spacial score (nSPS) is 11.1. The molecule has 5 heteroatoms. The highest BCUT2D eigenvalue weighted by molar-refractivity contribution is 5.67. The molecule has 0 aromatic rings. The molecule has 1 amide bonds. The summed E-state index contributed by atoms with van der Waals surface area (Å²) in [5.41, 5.74) is 5.02. The largest absolute Gasteiger partial charge is 0.448 e. The lowest BCUT2D eigenvalue weighted by molar-refractivity contribution is 0.138. The lowest BCUT2D eigenvalue weighted by Crippen LogP contribution is -2.41. The van der Waals surface area contributed by atoms with E-state index in [2.05, 4.69) is 10.6 Å². The van der Waals surface area contributed by atoms with Gasteiger partial charge in [-0.3, -0.25) is 0 Å². The number of rotatable bonds is 5. The minimum atomic E-state index is -0.382. The van der Waals surface area contributed by atoms with Gasteiger partial charge in [-0.25, -0.2) is 4.79 Å². The van der Waals surface area contributed by atoms with Crippen molar-refractivity contribution in [2.45, 2.75) is 26.3 Å². The number of carbonyl (C=O) groups is 1. The van der Waals surface area contributed by atoms with E-state index in [4.69, 9.17) is 10.5 Å². The van der Waals surface area contributed by atoms with Gasteiger partial charge in [0.05, 0.1) is 0 Å². The van der Waals surface area contributed by atoms with Gasteiger partial charge in [-0.2, -0.15) is 0 Å². The second-order valence-electron chi connectivity index (χ2n) is 4.05. The van der Waals surface area contributed by atoms with E-state index in [1.807, 2.05) is 20.8 Å². The standard InChI is InChI=1S/C9H21N3O2/c1-9(2,3)12-8(13)14-7-6-11-5-4-10/h11H,4-7,10H2,1-3H3,(H,12,13). The maximum atomic E-state index is 11.1. The molecule has 0 rings (SSSR count). The van der Waals surface area contributed by atoms with E-state index in [1.165, 1.54) is 0 Å². The van der Waals surface area contributed by atoms with Crippen LogP contribution in [0.15, 0.2) is 0 Å². The van der Waals surface area contributed by atoms with Crippen molar-refractivity contribution in [1.82, 2.24) is 10.6 Å². The molecule has 4 N–H and O–H groups in total. The number of nitrogens with two attached hydrogens (primary N) is 1. The highest BCUT2D eigenvalue weighted by atomic mass is 16.5. The molecule has 0 aliphatic rings. The molecule has 0 aromatic carbocycles. The van der Waals surface area contributed by atoms with Crippen LogP contribution >= 0.6 is 0 Å². The van der Waals surface area contributed by atoms with Gasteiger partial charge in [-0.15, -0.1) is 0 Å². The smallest absolute Gasteiger partial charge is 0.407 e. The van der Waals surface area contributed by atoms with E-state index in [0.717, 1.165) is 6.54 Å². The maximum absolute atomic E-state index is 11.1. The van der Waals surface area contributed by atoms with Gasteiger partial charge >= 0.3 is 6.09 Å². The Hall–Kier alpha value is -0.810. The molecule has 14 heavy (non-hydrogen) atoms. The zero-order chi connectivity index (χ0) is 11.0. The van der Waals surface area contributed by atoms with Gasteiger partial charge in [-0.1, -0.05) is 0 Å². The Labute approximate surface area is 85.4 Å². The van der Waals surface area contributed by atoms with E-state index in [-0.39, 0.29) is 11.6 Å². The van der Waals surface area contributed by atoms with Crippen LogP contribution in [-0.2, 0) is 4.74 Å². The molecular formula is C9H21N3O2. The summed E-state index contributed by atoms with van der Waals surface area (Å²) in [6.07, 6.45) is -0.382. The first-order chi connectivity index (χ1) is 6.45. The Balaban J connectivity index is 3.36. The number of carbonyl (C=O) groups excluding carboxylic acids is 1. The van der Waals surface area contributed by atoms with Crippen LogP contribution in [0.1, 0.15) is 20.8 Å². The van der Waals surface area contributed by atoms with Crippen molar-refractivity contribution in [3.05, 3.63) is 0 Å². The van der Waals surface area contributed by atoms with Crippen LogP contribution in [0.5, 0.6) is 0 Å². The minimum Gasteiger partial charge on any atom is -0.448 e. The summed E-state index contributed by atoms with van der Waals surface area (Å²) in [6.45, 7) is 8.04. The summed E-state index contributed by atoms with van der Waals surface area (Å²) < 4.78 is 4.91. The first-order valence-electron chi connectivity index (χ1n) is 4.81. The fourth-order valence-electron chi connectivity index (χ4n) is 0.785. The van der Waals surface area contributed by atoms with E-state index >= 15 is 0 Å². The van der Waals surface area contributed by atoms with Crippen molar-refractivity contribution in [3.63, 3.8) is 0 Å². The number of ether oxygens (including phenoxy) is 1. The van der Waals surface area contributed by atoms with Crippen LogP contribution in [0.2, 0.25) is 0 Å². The van der Waals surface area contributed by atoms with E-state index < -0.39 is 0 Å². The number of nitrogens with one attached hydrogen (secondary N) is 2.